The van der Waals surface area contributed by atoms with Crippen LogP contribution in [0.4, 0.5) is 0 Å². The Balaban J connectivity index is 3.98. The third-order valence-corrected chi connectivity index (χ3v) is 1.91. The van der Waals surface area contributed by atoms with Crippen LogP contribution in [0.2, 0.25) is 0 Å². The second kappa shape index (κ2) is 4.98. The van der Waals surface area contributed by atoms with Crippen LogP contribution in [0, 0.1) is 11.3 Å². The number of rotatable bonds is 4. The molecule has 0 bridgehead atoms. The summed E-state index contributed by atoms with van der Waals surface area (Å²) in [7, 11) is 0. The lowest BCUT2D eigenvalue weighted by Gasteiger charge is -2.26. The number of hydrogen-bond donors (Lipinski definition) is 2. The van der Waals surface area contributed by atoms with Gasteiger partial charge < -0.3 is 11.1 Å². The van der Waals surface area contributed by atoms with E-state index >= 15 is 0 Å². The highest BCUT2D eigenvalue weighted by molar-refractivity contribution is 6.34. The molecule has 0 aliphatic rings. The third-order valence-electron chi connectivity index (χ3n) is 1.91. The van der Waals surface area contributed by atoms with E-state index < -0.39 is 11.8 Å². The van der Waals surface area contributed by atoms with Gasteiger partial charge in [-0.2, -0.15) is 0 Å². The maximum Gasteiger partial charge on any atom is 0.309 e. The predicted molar refractivity (Wildman–Crippen MR) is 55.4 cm³/mol. The van der Waals surface area contributed by atoms with Gasteiger partial charge in [0.2, 0.25) is 0 Å². The van der Waals surface area contributed by atoms with Crippen molar-refractivity contribution in [1.29, 1.82) is 0 Å². The first-order chi connectivity index (χ1) is 6.24. The standard InChI is InChI=1S/C10H20N2O2/c1-7(2)5-10(3,4)6-12-9(14)8(11)13/h7H,5-6H2,1-4H3,(H2,11,13)(H,12,14). The fraction of sp³-hybridized carbons (Fsp3) is 0.800. The van der Waals surface area contributed by atoms with Gasteiger partial charge in [-0.05, 0) is 17.8 Å². The molecule has 0 heterocycles. The van der Waals surface area contributed by atoms with Gasteiger partial charge in [0.05, 0.1) is 0 Å². The Morgan fingerprint density at radius 1 is 1.36 bits per heavy atom. The van der Waals surface area contributed by atoms with Crippen LogP contribution < -0.4 is 11.1 Å². The fourth-order valence-corrected chi connectivity index (χ4v) is 1.58. The van der Waals surface area contributed by atoms with E-state index in [9.17, 15) is 9.59 Å². The molecule has 0 rings (SSSR count). The van der Waals surface area contributed by atoms with Gasteiger partial charge >= 0.3 is 11.8 Å². The van der Waals surface area contributed by atoms with Crippen molar-refractivity contribution in [2.45, 2.75) is 34.1 Å². The Labute approximate surface area is 85.2 Å². The number of primary amides is 1. The molecule has 14 heavy (non-hydrogen) atoms. The number of amides is 2. The molecule has 0 atom stereocenters. The molecule has 0 aliphatic carbocycles. The van der Waals surface area contributed by atoms with Gasteiger partial charge in [-0.25, -0.2) is 0 Å². The van der Waals surface area contributed by atoms with E-state index in [1.807, 2.05) is 13.8 Å². The van der Waals surface area contributed by atoms with Crippen molar-refractivity contribution < 1.29 is 9.59 Å². The van der Waals surface area contributed by atoms with E-state index in [2.05, 4.69) is 19.2 Å². The molecule has 4 nitrogen and oxygen atoms in total. The Morgan fingerprint density at radius 3 is 2.21 bits per heavy atom. The third kappa shape index (κ3) is 5.56. The first kappa shape index (κ1) is 12.9. The molecule has 0 fully saturated rings. The summed E-state index contributed by atoms with van der Waals surface area (Å²) in [5.74, 6) is -1.07. The van der Waals surface area contributed by atoms with Crippen LogP contribution in [0.5, 0.6) is 0 Å². The molecule has 0 saturated carbocycles. The van der Waals surface area contributed by atoms with Crippen LogP contribution in [0.1, 0.15) is 34.1 Å². The van der Waals surface area contributed by atoms with Gasteiger partial charge in [0, 0.05) is 6.54 Å². The highest BCUT2D eigenvalue weighted by atomic mass is 16.2. The Morgan fingerprint density at radius 2 is 1.86 bits per heavy atom. The van der Waals surface area contributed by atoms with Crippen LogP contribution in [0.3, 0.4) is 0 Å². The van der Waals surface area contributed by atoms with Crippen molar-refractivity contribution in [2.75, 3.05) is 6.54 Å². The van der Waals surface area contributed by atoms with Gasteiger partial charge in [-0.3, -0.25) is 9.59 Å². The second-order valence-corrected chi connectivity index (χ2v) is 4.81. The zero-order chi connectivity index (χ0) is 11.4. The van der Waals surface area contributed by atoms with Crippen molar-refractivity contribution in [1.82, 2.24) is 5.32 Å². The quantitative estimate of drug-likeness (QED) is 0.654. The summed E-state index contributed by atoms with van der Waals surface area (Å²) in [6.45, 7) is 8.82. The summed E-state index contributed by atoms with van der Waals surface area (Å²) < 4.78 is 0. The van der Waals surface area contributed by atoms with Gasteiger partial charge in [-0.1, -0.05) is 27.7 Å². The van der Waals surface area contributed by atoms with E-state index in [1.54, 1.807) is 0 Å². The smallest absolute Gasteiger partial charge is 0.309 e. The molecular weight excluding hydrogens is 180 g/mol. The number of carbonyl (C=O) groups is 2. The first-order valence-corrected chi connectivity index (χ1v) is 4.82. The molecular formula is C10H20N2O2. The molecule has 82 valence electrons. The predicted octanol–water partition coefficient (Wildman–Crippen LogP) is 0.660. The van der Waals surface area contributed by atoms with Gasteiger partial charge in [0.1, 0.15) is 0 Å². The van der Waals surface area contributed by atoms with Crippen molar-refractivity contribution in [3.05, 3.63) is 0 Å². The summed E-state index contributed by atoms with van der Waals surface area (Å²) in [5.41, 5.74) is 4.81. The minimum Gasteiger partial charge on any atom is -0.361 e. The van der Waals surface area contributed by atoms with Crippen molar-refractivity contribution >= 4 is 11.8 Å². The Bertz CT molecular complexity index is 222. The van der Waals surface area contributed by atoms with E-state index in [1.165, 1.54) is 0 Å². The van der Waals surface area contributed by atoms with E-state index in [4.69, 9.17) is 5.73 Å². The van der Waals surface area contributed by atoms with Crippen LogP contribution >= 0.6 is 0 Å². The minimum atomic E-state index is -0.926. The molecule has 3 N–H and O–H groups in total. The van der Waals surface area contributed by atoms with Crippen LogP contribution in [0.25, 0.3) is 0 Å². The second-order valence-electron chi connectivity index (χ2n) is 4.81. The summed E-state index contributed by atoms with van der Waals surface area (Å²) >= 11 is 0. The van der Waals surface area contributed by atoms with Crippen LogP contribution in [-0.4, -0.2) is 18.4 Å². The molecule has 0 spiro atoms. The van der Waals surface area contributed by atoms with Crippen LogP contribution in [0.15, 0.2) is 0 Å². The average molecular weight is 200 g/mol. The average Bonchev–Trinajstić information content (AvgIpc) is 1.97. The zero-order valence-electron chi connectivity index (χ0n) is 9.39. The largest absolute Gasteiger partial charge is 0.361 e. The lowest BCUT2D eigenvalue weighted by atomic mass is 9.84. The lowest BCUT2D eigenvalue weighted by molar-refractivity contribution is -0.137. The number of hydrogen-bond acceptors (Lipinski definition) is 2. The number of carbonyl (C=O) groups excluding carboxylic acids is 2. The van der Waals surface area contributed by atoms with Crippen LogP contribution in [-0.2, 0) is 9.59 Å². The lowest BCUT2D eigenvalue weighted by Crippen LogP contribution is -2.41. The Kier molecular flexibility index (Phi) is 4.60. The zero-order valence-corrected chi connectivity index (χ0v) is 9.39. The number of nitrogens with two attached hydrogens (primary N) is 1. The number of nitrogens with one attached hydrogen (secondary N) is 1. The summed E-state index contributed by atoms with van der Waals surface area (Å²) in [6, 6.07) is 0. The van der Waals surface area contributed by atoms with Gasteiger partial charge in [-0.15, -0.1) is 0 Å². The first-order valence-electron chi connectivity index (χ1n) is 4.82. The topological polar surface area (TPSA) is 72.2 Å². The molecule has 0 aromatic heterocycles. The fourth-order valence-electron chi connectivity index (χ4n) is 1.58. The monoisotopic (exact) mass is 200 g/mol. The van der Waals surface area contributed by atoms with E-state index in [0.717, 1.165) is 6.42 Å². The highest BCUT2D eigenvalue weighted by Gasteiger charge is 2.21. The molecule has 0 unspecified atom stereocenters. The molecule has 2 amide bonds. The maximum absolute atomic E-state index is 10.9. The molecule has 0 radical (unpaired) electrons. The molecule has 4 heteroatoms. The minimum absolute atomic E-state index is 0.000718. The highest BCUT2D eigenvalue weighted by Crippen LogP contribution is 2.23. The molecule has 0 aromatic carbocycles. The molecule has 0 aliphatic heterocycles. The Hall–Kier alpha value is -1.06. The maximum atomic E-state index is 10.9. The molecule has 0 aromatic rings. The van der Waals surface area contributed by atoms with Crippen molar-refractivity contribution in [3.8, 4) is 0 Å². The molecule has 0 saturated heterocycles. The van der Waals surface area contributed by atoms with E-state index in [-0.39, 0.29) is 5.41 Å². The summed E-state index contributed by atoms with van der Waals surface area (Å²) in [6.07, 6.45) is 0.992. The van der Waals surface area contributed by atoms with Gasteiger partial charge in [0.25, 0.3) is 0 Å². The van der Waals surface area contributed by atoms with E-state index in [0.29, 0.717) is 12.5 Å². The van der Waals surface area contributed by atoms with Gasteiger partial charge in [0.15, 0.2) is 0 Å². The summed E-state index contributed by atoms with van der Waals surface area (Å²) in [4.78, 5) is 21.3. The van der Waals surface area contributed by atoms with Crippen molar-refractivity contribution in [2.24, 2.45) is 17.1 Å². The normalized spacial score (nSPS) is 11.5. The SMILES string of the molecule is CC(C)CC(C)(C)CNC(=O)C(N)=O. The summed E-state index contributed by atoms with van der Waals surface area (Å²) in [5, 5.41) is 2.51. The van der Waals surface area contributed by atoms with Crippen molar-refractivity contribution in [3.63, 3.8) is 0 Å².